The van der Waals surface area contributed by atoms with Crippen LogP contribution in [-0.2, 0) is 23.9 Å². The Balaban J connectivity index is 1.31. The van der Waals surface area contributed by atoms with Crippen molar-refractivity contribution in [3.05, 3.63) is 69.1 Å². The molecule has 3 aromatic rings. The third-order valence-electron chi connectivity index (χ3n) is 5.10. The van der Waals surface area contributed by atoms with Crippen molar-refractivity contribution in [3.63, 3.8) is 0 Å². The molecule has 30 heavy (non-hydrogen) atoms. The largest absolute Gasteiger partial charge is 0.416 e. The van der Waals surface area contributed by atoms with Crippen LogP contribution in [0, 0.1) is 0 Å². The summed E-state index contributed by atoms with van der Waals surface area (Å²) in [4.78, 5) is 33.6. The zero-order valence-corrected chi connectivity index (χ0v) is 16.7. The summed E-state index contributed by atoms with van der Waals surface area (Å²) in [5.74, 6) is -0.106. The van der Waals surface area contributed by atoms with Gasteiger partial charge in [-0.15, -0.1) is 11.3 Å². The number of carbonyl (C=O) groups excluding carboxylic acids is 1. The zero-order chi connectivity index (χ0) is 21.3. The number of piperazine rings is 1. The number of hydrogen-bond acceptors (Lipinski definition) is 5. The van der Waals surface area contributed by atoms with Crippen molar-refractivity contribution in [2.75, 3.05) is 26.2 Å². The summed E-state index contributed by atoms with van der Waals surface area (Å²) >= 11 is 1.40. The Labute approximate surface area is 174 Å². The lowest BCUT2D eigenvalue weighted by Gasteiger charge is -2.34. The smallest absolute Gasteiger partial charge is 0.340 e. The summed E-state index contributed by atoms with van der Waals surface area (Å²) in [5, 5.41) is 1.81. The van der Waals surface area contributed by atoms with E-state index in [1.165, 1.54) is 33.9 Å². The van der Waals surface area contributed by atoms with E-state index in [4.69, 9.17) is 0 Å². The molecule has 3 heterocycles. The molecule has 1 aliphatic rings. The standard InChI is InChI=1S/C20H19F3N4O2S/c21-20(22,23)15-3-1-14(2-4-15)11-17(28)26-7-5-25(6-8-26)13-16-12-18(29)27-9-10-30-19(27)24-16/h1-4,9-10,12H,5-8,11,13H2. The molecule has 0 unspecified atom stereocenters. The lowest BCUT2D eigenvalue weighted by molar-refractivity contribution is -0.137. The highest BCUT2D eigenvalue weighted by atomic mass is 32.1. The minimum Gasteiger partial charge on any atom is -0.340 e. The van der Waals surface area contributed by atoms with E-state index in [1.54, 1.807) is 11.1 Å². The van der Waals surface area contributed by atoms with Crippen LogP contribution in [0.1, 0.15) is 16.8 Å². The number of carbonyl (C=O) groups is 1. The quantitative estimate of drug-likeness (QED) is 0.631. The molecule has 0 radical (unpaired) electrons. The average Bonchev–Trinajstić information content (AvgIpc) is 3.17. The maximum Gasteiger partial charge on any atom is 0.416 e. The van der Waals surface area contributed by atoms with E-state index in [0.717, 1.165) is 12.1 Å². The Morgan fingerprint density at radius 2 is 1.80 bits per heavy atom. The van der Waals surface area contributed by atoms with Crippen LogP contribution in [0.25, 0.3) is 4.96 Å². The number of alkyl halides is 3. The first kappa shape index (κ1) is 20.5. The van der Waals surface area contributed by atoms with Gasteiger partial charge in [0.15, 0.2) is 4.96 Å². The van der Waals surface area contributed by atoms with Crippen LogP contribution < -0.4 is 5.56 Å². The molecule has 0 saturated carbocycles. The van der Waals surface area contributed by atoms with Crippen LogP contribution in [0.4, 0.5) is 13.2 Å². The number of rotatable bonds is 4. The van der Waals surface area contributed by atoms with E-state index in [-0.39, 0.29) is 17.9 Å². The van der Waals surface area contributed by atoms with Crippen LogP contribution in [0.2, 0.25) is 0 Å². The first-order valence-electron chi connectivity index (χ1n) is 9.42. The molecule has 1 fully saturated rings. The topological polar surface area (TPSA) is 57.9 Å². The normalized spacial score (nSPS) is 15.6. The third kappa shape index (κ3) is 4.54. The second kappa shape index (κ2) is 8.19. The lowest BCUT2D eigenvalue weighted by Crippen LogP contribution is -2.48. The van der Waals surface area contributed by atoms with Gasteiger partial charge >= 0.3 is 6.18 Å². The van der Waals surface area contributed by atoms with Crippen molar-refractivity contribution >= 4 is 22.2 Å². The number of aromatic nitrogens is 2. The summed E-state index contributed by atoms with van der Waals surface area (Å²) < 4.78 is 39.4. The maximum atomic E-state index is 12.6. The Morgan fingerprint density at radius 3 is 2.47 bits per heavy atom. The number of fused-ring (bicyclic) bond motifs is 1. The Bertz CT molecular complexity index is 1100. The second-order valence-corrected chi connectivity index (χ2v) is 8.04. The fourth-order valence-corrected chi connectivity index (χ4v) is 4.19. The zero-order valence-electron chi connectivity index (χ0n) is 15.9. The highest BCUT2D eigenvalue weighted by molar-refractivity contribution is 7.15. The van der Waals surface area contributed by atoms with Crippen molar-refractivity contribution in [3.8, 4) is 0 Å². The van der Waals surface area contributed by atoms with E-state index < -0.39 is 11.7 Å². The molecule has 158 valence electrons. The number of halogens is 3. The summed E-state index contributed by atoms with van der Waals surface area (Å²) in [6.45, 7) is 2.87. The van der Waals surface area contributed by atoms with E-state index >= 15 is 0 Å². The first-order valence-corrected chi connectivity index (χ1v) is 10.3. The lowest BCUT2D eigenvalue weighted by atomic mass is 10.1. The van der Waals surface area contributed by atoms with Gasteiger partial charge in [0, 0.05) is 50.4 Å². The van der Waals surface area contributed by atoms with Crippen LogP contribution in [-0.4, -0.2) is 51.3 Å². The SMILES string of the molecule is O=C(Cc1ccc(C(F)(F)F)cc1)N1CCN(Cc2cc(=O)n3ccsc3n2)CC1. The minimum absolute atomic E-state index is 0.0749. The van der Waals surface area contributed by atoms with Gasteiger partial charge in [-0.05, 0) is 17.7 Å². The molecular formula is C20H19F3N4O2S. The van der Waals surface area contributed by atoms with E-state index in [0.29, 0.717) is 48.9 Å². The molecule has 4 rings (SSSR count). The molecule has 0 N–H and O–H groups in total. The fraction of sp³-hybridized carbons (Fsp3) is 0.350. The molecule has 0 bridgehead atoms. The summed E-state index contributed by atoms with van der Waals surface area (Å²) in [6.07, 6.45) is -2.61. The van der Waals surface area contributed by atoms with Crippen LogP contribution in [0.15, 0.2) is 46.7 Å². The summed E-state index contributed by atoms with van der Waals surface area (Å²) in [5.41, 5.74) is 0.430. The first-order chi connectivity index (χ1) is 14.3. The Morgan fingerprint density at radius 1 is 1.10 bits per heavy atom. The minimum atomic E-state index is -4.38. The van der Waals surface area contributed by atoms with E-state index in [2.05, 4.69) is 9.88 Å². The maximum absolute atomic E-state index is 12.6. The molecule has 0 atom stereocenters. The molecule has 1 aliphatic heterocycles. The highest BCUT2D eigenvalue weighted by Gasteiger charge is 2.30. The predicted molar refractivity (Wildman–Crippen MR) is 106 cm³/mol. The number of amides is 1. The summed E-state index contributed by atoms with van der Waals surface area (Å²) in [6, 6.07) is 6.23. The monoisotopic (exact) mass is 436 g/mol. The van der Waals surface area contributed by atoms with Gasteiger partial charge in [-0.3, -0.25) is 18.9 Å². The van der Waals surface area contributed by atoms with Gasteiger partial charge in [-0.2, -0.15) is 13.2 Å². The average molecular weight is 436 g/mol. The van der Waals surface area contributed by atoms with Gasteiger partial charge in [-0.1, -0.05) is 12.1 Å². The number of benzene rings is 1. The van der Waals surface area contributed by atoms with Crippen molar-refractivity contribution in [1.82, 2.24) is 19.2 Å². The second-order valence-electron chi connectivity index (χ2n) is 7.17. The summed E-state index contributed by atoms with van der Waals surface area (Å²) in [7, 11) is 0. The van der Waals surface area contributed by atoms with Crippen molar-refractivity contribution in [1.29, 1.82) is 0 Å². The van der Waals surface area contributed by atoms with E-state index in [9.17, 15) is 22.8 Å². The van der Waals surface area contributed by atoms with Gasteiger partial charge in [0.25, 0.3) is 5.56 Å². The molecule has 1 aromatic carbocycles. The van der Waals surface area contributed by atoms with Crippen molar-refractivity contribution in [2.45, 2.75) is 19.1 Å². The van der Waals surface area contributed by atoms with Crippen LogP contribution in [0.3, 0.4) is 0 Å². The van der Waals surface area contributed by atoms with Crippen molar-refractivity contribution in [2.24, 2.45) is 0 Å². The number of nitrogens with zero attached hydrogens (tertiary/aromatic N) is 4. The molecule has 0 aliphatic carbocycles. The van der Waals surface area contributed by atoms with Crippen LogP contribution >= 0.6 is 11.3 Å². The van der Waals surface area contributed by atoms with E-state index in [1.807, 2.05) is 5.38 Å². The van der Waals surface area contributed by atoms with Gasteiger partial charge in [-0.25, -0.2) is 4.98 Å². The molecule has 10 heteroatoms. The molecule has 1 amide bonds. The van der Waals surface area contributed by atoms with Crippen molar-refractivity contribution < 1.29 is 18.0 Å². The van der Waals surface area contributed by atoms with Gasteiger partial charge in [0.2, 0.25) is 5.91 Å². The van der Waals surface area contributed by atoms with Gasteiger partial charge < -0.3 is 4.90 Å². The predicted octanol–water partition coefficient (Wildman–Crippen LogP) is 2.66. The highest BCUT2D eigenvalue weighted by Crippen LogP contribution is 2.29. The van der Waals surface area contributed by atoms with Gasteiger partial charge in [0.05, 0.1) is 17.7 Å². The fourth-order valence-electron chi connectivity index (χ4n) is 3.45. The van der Waals surface area contributed by atoms with Gasteiger partial charge in [0.1, 0.15) is 0 Å². The molecule has 6 nitrogen and oxygen atoms in total. The third-order valence-corrected chi connectivity index (χ3v) is 5.86. The molecule has 2 aromatic heterocycles. The Hall–Kier alpha value is -2.72. The molecule has 1 saturated heterocycles. The van der Waals surface area contributed by atoms with Crippen LogP contribution in [0.5, 0.6) is 0 Å². The molecular weight excluding hydrogens is 417 g/mol. The number of thiazole rings is 1. The molecule has 0 spiro atoms. The number of hydrogen-bond donors (Lipinski definition) is 0. The Kier molecular flexibility index (Phi) is 5.61.